The van der Waals surface area contributed by atoms with E-state index < -0.39 is 10.0 Å². The van der Waals surface area contributed by atoms with Gasteiger partial charge in [0, 0.05) is 25.6 Å². The lowest BCUT2D eigenvalue weighted by atomic mass is 10.1. The van der Waals surface area contributed by atoms with Gasteiger partial charge in [-0.2, -0.15) is 11.3 Å². The van der Waals surface area contributed by atoms with Gasteiger partial charge in [-0.05, 0) is 53.4 Å². The first-order valence-electron chi connectivity index (χ1n) is 8.56. The van der Waals surface area contributed by atoms with Crippen LogP contribution in [-0.4, -0.2) is 34.0 Å². The lowest BCUT2D eigenvalue weighted by Crippen LogP contribution is -2.38. The van der Waals surface area contributed by atoms with Crippen LogP contribution < -0.4 is 15.8 Å². The van der Waals surface area contributed by atoms with E-state index in [4.69, 9.17) is 5.14 Å². The highest BCUT2D eigenvalue weighted by Crippen LogP contribution is 2.18. The minimum atomic E-state index is -3.64. The van der Waals surface area contributed by atoms with Crippen LogP contribution in [0.25, 0.3) is 0 Å². The fourth-order valence-electron chi connectivity index (χ4n) is 2.40. The minimum absolute atomic E-state index is 0.131. The topological polar surface area (TPSA) is 96.6 Å². The molecule has 2 aromatic rings. The van der Waals surface area contributed by atoms with Crippen molar-refractivity contribution >= 4 is 27.3 Å². The zero-order chi connectivity index (χ0) is 19.0. The quantitative estimate of drug-likeness (QED) is 0.473. The van der Waals surface area contributed by atoms with Crippen LogP contribution >= 0.6 is 11.3 Å². The van der Waals surface area contributed by atoms with Crippen LogP contribution in [0.2, 0.25) is 0 Å². The van der Waals surface area contributed by atoms with Crippen molar-refractivity contribution in [2.45, 2.75) is 31.1 Å². The van der Waals surface area contributed by atoms with Gasteiger partial charge in [-0.15, -0.1) is 0 Å². The van der Waals surface area contributed by atoms with E-state index in [0.717, 1.165) is 31.0 Å². The van der Waals surface area contributed by atoms with Crippen molar-refractivity contribution in [2.75, 3.05) is 19.6 Å². The number of thiophene rings is 1. The van der Waals surface area contributed by atoms with Gasteiger partial charge in [0.05, 0.1) is 4.90 Å². The van der Waals surface area contributed by atoms with Crippen LogP contribution in [0.4, 0.5) is 0 Å². The molecule has 0 saturated carbocycles. The molecule has 26 heavy (non-hydrogen) atoms. The van der Waals surface area contributed by atoms with Crippen molar-refractivity contribution < 1.29 is 8.42 Å². The number of guanidine groups is 1. The number of benzene rings is 1. The van der Waals surface area contributed by atoms with Crippen molar-refractivity contribution in [3.8, 4) is 0 Å². The van der Waals surface area contributed by atoms with Gasteiger partial charge in [-0.1, -0.05) is 19.1 Å². The molecular formula is C18H26N4O2S2. The van der Waals surface area contributed by atoms with E-state index in [1.807, 2.05) is 6.92 Å². The minimum Gasteiger partial charge on any atom is -0.357 e. The zero-order valence-electron chi connectivity index (χ0n) is 15.1. The van der Waals surface area contributed by atoms with Crippen LogP contribution in [0.1, 0.15) is 30.9 Å². The summed E-state index contributed by atoms with van der Waals surface area (Å²) in [6.07, 6.45) is 0.759. The predicted octanol–water partition coefficient (Wildman–Crippen LogP) is 2.30. The van der Waals surface area contributed by atoms with Crippen molar-refractivity contribution in [3.63, 3.8) is 0 Å². The van der Waals surface area contributed by atoms with Crippen molar-refractivity contribution in [1.29, 1.82) is 0 Å². The first kappa shape index (κ1) is 20.4. The number of hydrogen-bond acceptors (Lipinski definition) is 4. The Morgan fingerprint density at radius 3 is 2.54 bits per heavy atom. The van der Waals surface area contributed by atoms with Crippen molar-refractivity contribution in [2.24, 2.45) is 10.1 Å². The van der Waals surface area contributed by atoms with Crippen molar-refractivity contribution in [3.05, 3.63) is 52.2 Å². The van der Waals surface area contributed by atoms with Gasteiger partial charge in [0.2, 0.25) is 10.0 Å². The summed E-state index contributed by atoms with van der Waals surface area (Å²) in [5, 5.41) is 15.9. The molecule has 0 fully saturated rings. The maximum Gasteiger partial charge on any atom is 0.238 e. The first-order chi connectivity index (χ1) is 12.4. The lowest BCUT2D eigenvalue weighted by Gasteiger charge is -2.13. The Kier molecular flexibility index (Phi) is 7.62. The molecule has 2 rings (SSSR count). The fourth-order valence-corrected chi connectivity index (χ4v) is 3.70. The number of nitrogens with zero attached hydrogens (tertiary/aromatic N) is 1. The van der Waals surface area contributed by atoms with Crippen LogP contribution in [0.15, 0.2) is 51.0 Å². The maximum absolute atomic E-state index is 11.3. The first-order valence-corrected chi connectivity index (χ1v) is 11.0. The molecule has 0 aliphatic heterocycles. The summed E-state index contributed by atoms with van der Waals surface area (Å²) < 4.78 is 22.5. The Morgan fingerprint density at radius 2 is 1.96 bits per heavy atom. The molecule has 8 heteroatoms. The molecule has 0 bridgehead atoms. The van der Waals surface area contributed by atoms with E-state index in [1.165, 1.54) is 17.7 Å². The summed E-state index contributed by atoms with van der Waals surface area (Å²) in [4.78, 5) is 4.78. The Morgan fingerprint density at radius 1 is 1.23 bits per heavy atom. The van der Waals surface area contributed by atoms with Gasteiger partial charge in [0.25, 0.3) is 0 Å². The van der Waals surface area contributed by atoms with Crippen LogP contribution in [0, 0.1) is 0 Å². The largest absolute Gasteiger partial charge is 0.357 e. The van der Waals surface area contributed by atoms with E-state index in [-0.39, 0.29) is 4.90 Å². The highest BCUT2D eigenvalue weighted by molar-refractivity contribution is 7.89. The Hall–Kier alpha value is -1.90. The lowest BCUT2D eigenvalue weighted by molar-refractivity contribution is 0.598. The molecule has 0 amide bonds. The molecule has 1 aromatic carbocycles. The Bertz CT molecular complexity index is 800. The van der Waals surface area contributed by atoms with E-state index in [2.05, 4.69) is 39.4 Å². The number of hydrogen-bond donors (Lipinski definition) is 3. The summed E-state index contributed by atoms with van der Waals surface area (Å²) in [6, 6.07) is 8.77. The second-order valence-corrected chi connectivity index (χ2v) is 8.38. The second kappa shape index (κ2) is 9.70. The predicted molar refractivity (Wildman–Crippen MR) is 108 cm³/mol. The molecule has 6 nitrogen and oxygen atoms in total. The highest BCUT2D eigenvalue weighted by atomic mass is 32.2. The summed E-state index contributed by atoms with van der Waals surface area (Å²) in [5.41, 5.74) is 2.34. The molecule has 142 valence electrons. The SMILES string of the molecule is CCNC(=NCC(C)c1ccsc1)NCCc1ccc(S(N)(=O)=O)cc1. The summed E-state index contributed by atoms with van der Waals surface area (Å²) >= 11 is 1.70. The average Bonchev–Trinajstić information content (AvgIpc) is 3.14. The number of nitrogens with one attached hydrogen (secondary N) is 2. The number of rotatable bonds is 8. The Labute approximate surface area is 159 Å². The molecule has 0 radical (unpaired) electrons. The molecule has 0 aliphatic rings. The maximum atomic E-state index is 11.3. The monoisotopic (exact) mass is 394 g/mol. The molecule has 0 saturated heterocycles. The summed E-state index contributed by atoms with van der Waals surface area (Å²) in [7, 11) is -3.64. The van der Waals surface area contributed by atoms with Gasteiger partial charge in [0.1, 0.15) is 0 Å². The summed E-state index contributed by atoms with van der Waals surface area (Å²) in [6.45, 7) is 6.41. The van der Waals surface area contributed by atoms with Crippen LogP contribution in [-0.2, 0) is 16.4 Å². The third-order valence-electron chi connectivity index (χ3n) is 3.94. The number of primary sulfonamides is 1. The van der Waals surface area contributed by atoms with Gasteiger partial charge in [0.15, 0.2) is 5.96 Å². The number of sulfonamides is 1. The van der Waals surface area contributed by atoms with Gasteiger partial charge >= 0.3 is 0 Å². The molecule has 0 spiro atoms. The molecule has 1 atom stereocenters. The van der Waals surface area contributed by atoms with Gasteiger partial charge < -0.3 is 10.6 Å². The number of nitrogens with two attached hydrogens (primary N) is 1. The van der Waals surface area contributed by atoms with E-state index >= 15 is 0 Å². The van der Waals surface area contributed by atoms with Crippen LogP contribution in [0.5, 0.6) is 0 Å². The van der Waals surface area contributed by atoms with Crippen LogP contribution in [0.3, 0.4) is 0 Å². The van der Waals surface area contributed by atoms with Crippen molar-refractivity contribution in [1.82, 2.24) is 10.6 Å². The van der Waals surface area contributed by atoms with Gasteiger partial charge in [-0.25, -0.2) is 13.6 Å². The molecule has 1 heterocycles. The third kappa shape index (κ3) is 6.44. The molecule has 4 N–H and O–H groups in total. The summed E-state index contributed by atoms with van der Waals surface area (Å²) in [5.74, 6) is 1.16. The Balaban J connectivity index is 1.86. The van der Waals surface area contributed by atoms with E-state index in [9.17, 15) is 8.42 Å². The number of aliphatic imine (C=N–C) groups is 1. The third-order valence-corrected chi connectivity index (χ3v) is 5.57. The average molecular weight is 395 g/mol. The fraction of sp³-hybridized carbons (Fsp3) is 0.389. The van der Waals surface area contributed by atoms with Gasteiger partial charge in [-0.3, -0.25) is 4.99 Å². The van der Waals surface area contributed by atoms with E-state index in [0.29, 0.717) is 12.5 Å². The standard InChI is InChI=1S/C18H26N4O2S2/c1-3-20-18(22-12-14(2)16-9-11-25-13-16)21-10-8-15-4-6-17(7-5-15)26(19,23)24/h4-7,9,11,13-14H,3,8,10,12H2,1-2H3,(H2,19,23,24)(H2,20,21,22). The second-order valence-electron chi connectivity index (χ2n) is 6.04. The highest BCUT2D eigenvalue weighted by Gasteiger charge is 2.07. The zero-order valence-corrected chi connectivity index (χ0v) is 16.7. The molecule has 0 aliphatic carbocycles. The normalized spacial score (nSPS) is 13.4. The molecule has 1 aromatic heterocycles. The molecular weight excluding hydrogens is 368 g/mol. The molecule has 1 unspecified atom stereocenters. The smallest absolute Gasteiger partial charge is 0.238 e. The van der Waals surface area contributed by atoms with E-state index in [1.54, 1.807) is 23.5 Å².